The molecular weight excluding hydrogens is 508 g/mol. The number of nitrogens with two attached hydrogens (primary N) is 1. The van der Waals surface area contributed by atoms with E-state index in [0.29, 0.717) is 12.1 Å². The second-order valence-corrected chi connectivity index (χ2v) is 11.5. The van der Waals surface area contributed by atoms with Crippen molar-refractivity contribution in [3.63, 3.8) is 0 Å². The highest BCUT2D eigenvalue weighted by Gasteiger charge is 2.42. The first-order valence-corrected chi connectivity index (χ1v) is 13.8. The lowest BCUT2D eigenvalue weighted by Crippen LogP contribution is -2.57. The summed E-state index contributed by atoms with van der Waals surface area (Å²) in [6.07, 6.45) is 1.48. The number of nitrogens with zero attached hydrogens (tertiary/aromatic N) is 1. The van der Waals surface area contributed by atoms with Crippen LogP contribution in [0.5, 0.6) is 0 Å². The molecule has 2 aromatic rings. The number of rotatable bonds is 11. The monoisotopic (exact) mass is 550 g/mol. The Labute approximate surface area is 236 Å². The Balaban J connectivity index is 1.99. The number of carbonyl (C=O) groups excluding carboxylic acids is 4. The second kappa shape index (κ2) is 13.5. The number of nitrogens with one attached hydrogen (secondary N) is 2. The summed E-state index contributed by atoms with van der Waals surface area (Å²) < 4.78 is 5.40. The van der Waals surface area contributed by atoms with E-state index in [2.05, 4.69) is 10.6 Å². The molecule has 0 radical (unpaired) electrons. The van der Waals surface area contributed by atoms with Crippen molar-refractivity contribution in [3.8, 4) is 0 Å². The molecule has 2 unspecified atom stereocenters. The molecule has 216 valence electrons. The van der Waals surface area contributed by atoms with Crippen molar-refractivity contribution in [2.45, 2.75) is 97.0 Å². The Hall–Kier alpha value is -3.88. The highest BCUT2D eigenvalue weighted by molar-refractivity contribution is 5.92. The molecule has 0 saturated heterocycles. The topological polar surface area (TPSA) is 131 Å². The molecular formula is C31H42N4O5. The summed E-state index contributed by atoms with van der Waals surface area (Å²) in [5, 5.41) is 5.66. The van der Waals surface area contributed by atoms with Gasteiger partial charge in [-0.1, -0.05) is 48.5 Å². The molecule has 1 aliphatic carbocycles. The highest BCUT2D eigenvalue weighted by Crippen LogP contribution is 2.34. The predicted octanol–water partition coefficient (Wildman–Crippen LogP) is 4.20. The van der Waals surface area contributed by atoms with Crippen LogP contribution in [0.3, 0.4) is 0 Å². The summed E-state index contributed by atoms with van der Waals surface area (Å²) in [7, 11) is 0. The number of aryl methyl sites for hydroxylation is 2. The summed E-state index contributed by atoms with van der Waals surface area (Å²) in [6, 6.07) is 13.1. The van der Waals surface area contributed by atoms with E-state index in [0.717, 1.165) is 36.0 Å². The van der Waals surface area contributed by atoms with Crippen LogP contribution >= 0.6 is 0 Å². The third-order valence-electron chi connectivity index (χ3n) is 7.07. The number of hydrogen-bond donors (Lipinski definition) is 3. The average molecular weight is 551 g/mol. The number of benzene rings is 2. The molecule has 0 aliphatic heterocycles. The van der Waals surface area contributed by atoms with Crippen LogP contribution in [0, 0.1) is 13.8 Å². The minimum absolute atomic E-state index is 0.0120. The molecule has 4 amide bonds. The molecule has 0 bridgehead atoms. The van der Waals surface area contributed by atoms with Gasteiger partial charge >= 0.3 is 6.09 Å². The standard InChI is InChI=1S/C31H42N4O5/c1-20-14-15-23(18-21(20)2)27(28(37)33-19-22-10-7-6-8-11-22)35(24-12-9-13-24)29(38)25(16-17-26(32)36)34-30(39)40-31(3,4)5/h6-8,10-11,14-15,18,24-25,27H,9,12-13,16-17,19H2,1-5H3,(H2,32,36)(H,33,37)(H,34,39). The fourth-order valence-corrected chi connectivity index (χ4v) is 4.61. The van der Waals surface area contributed by atoms with Gasteiger partial charge in [0.25, 0.3) is 0 Å². The zero-order valence-electron chi connectivity index (χ0n) is 24.2. The maximum absolute atomic E-state index is 14.3. The van der Waals surface area contributed by atoms with Crippen LogP contribution in [-0.4, -0.2) is 46.4 Å². The van der Waals surface area contributed by atoms with Crippen molar-refractivity contribution in [1.29, 1.82) is 0 Å². The van der Waals surface area contributed by atoms with Crippen LogP contribution in [0.1, 0.15) is 81.2 Å². The largest absolute Gasteiger partial charge is 0.444 e. The number of primary amides is 1. The predicted molar refractivity (Wildman–Crippen MR) is 153 cm³/mol. The normalized spacial score (nSPS) is 14.8. The van der Waals surface area contributed by atoms with Crippen molar-refractivity contribution in [2.75, 3.05) is 0 Å². The summed E-state index contributed by atoms with van der Waals surface area (Å²) in [6.45, 7) is 9.42. The molecule has 1 saturated carbocycles. The van der Waals surface area contributed by atoms with Crippen LogP contribution in [0.15, 0.2) is 48.5 Å². The fourth-order valence-electron chi connectivity index (χ4n) is 4.61. The molecule has 0 spiro atoms. The summed E-state index contributed by atoms with van der Waals surface area (Å²) in [5.74, 6) is -1.36. The Kier molecular flexibility index (Phi) is 10.3. The van der Waals surface area contributed by atoms with Gasteiger partial charge in [0.1, 0.15) is 17.7 Å². The van der Waals surface area contributed by atoms with Gasteiger partial charge in [0.05, 0.1) is 0 Å². The third kappa shape index (κ3) is 8.56. The Morgan fingerprint density at radius 2 is 1.70 bits per heavy atom. The highest BCUT2D eigenvalue weighted by atomic mass is 16.6. The van der Waals surface area contributed by atoms with Crippen LogP contribution in [-0.2, 0) is 25.7 Å². The molecule has 0 heterocycles. The smallest absolute Gasteiger partial charge is 0.408 e. The number of ether oxygens (including phenoxy) is 1. The van der Waals surface area contributed by atoms with Crippen LogP contribution < -0.4 is 16.4 Å². The van der Waals surface area contributed by atoms with Gasteiger partial charge < -0.3 is 26.0 Å². The van der Waals surface area contributed by atoms with Crippen molar-refractivity contribution in [3.05, 3.63) is 70.8 Å². The molecule has 4 N–H and O–H groups in total. The van der Waals surface area contributed by atoms with Crippen LogP contribution in [0.4, 0.5) is 4.79 Å². The van der Waals surface area contributed by atoms with E-state index in [1.807, 2.05) is 62.4 Å². The van der Waals surface area contributed by atoms with E-state index in [1.165, 1.54) is 0 Å². The Morgan fingerprint density at radius 1 is 1.02 bits per heavy atom. The van der Waals surface area contributed by atoms with Gasteiger partial charge in [0.15, 0.2) is 0 Å². The molecule has 2 aromatic carbocycles. The minimum atomic E-state index is -1.10. The van der Waals surface area contributed by atoms with Gasteiger partial charge in [-0.25, -0.2) is 4.79 Å². The van der Waals surface area contributed by atoms with Crippen molar-refractivity contribution >= 4 is 23.8 Å². The molecule has 40 heavy (non-hydrogen) atoms. The first-order valence-electron chi connectivity index (χ1n) is 13.8. The van der Waals surface area contributed by atoms with E-state index in [4.69, 9.17) is 10.5 Å². The van der Waals surface area contributed by atoms with Crippen LogP contribution in [0.25, 0.3) is 0 Å². The number of carbonyl (C=O) groups is 4. The molecule has 1 aliphatic rings. The van der Waals surface area contributed by atoms with Crippen LogP contribution in [0.2, 0.25) is 0 Å². The number of hydrogen-bond acceptors (Lipinski definition) is 5. The van der Waals surface area contributed by atoms with E-state index < -0.39 is 35.6 Å². The van der Waals surface area contributed by atoms with E-state index >= 15 is 0 Å². The van der Waals surface area contributed by atoms with Gasteiger partial charge in [-0.05, 0) is 82.6 Å². The maximum Gasteiger partial charge on any atom is 0.408 e. The number of amides is 4. The SMILES string of the molecule is Cc1ccc(C(C(=O)NCc2ccccc2)N(C(=O)C(CCC(N)=O)NC(=O)OC(C)(C)C)C2CCC2)cc1C. The summed E-state index contributed by atoms with van der Waals surface area (Å²) >= 11 is 0. The van der Waals surface area contributed by atoms with Crippen molar-refractivity contribution < 1.29 is 23.9 Å². The van der Waals surface area contributed by atoms with Gasteiger partial charge in [-0.15, -0.1) is 0 Å². The lowest BCUT2D eigenvalue weighted by molar-refractivity contribution is -0.147. The zero-order chi connectivity index (χ0) is 29.4. The Bertz CT molecular complexity index is 1200. The van der Waals surface area contributed by atoms with Gasteiger partial charge in [-0.2, -0.15) is 0 Å². The fraction of sp³-hybridized carbons (Fsp3) is 0.484. The lowest BCUT2D eigenvalue weighted by Gasteiger charge is -2.43. The Morgan fingerprint density at radius 3 is 2.25 bits per heavy atom. The molecule has 1 fully saturated rings. The molecule has 2 atom stereocenters. The number of alkyl carbamates (subject to hydrolysis) is 1. The molecule has 3 rings (SSSR count). The molecule has 9 nitrogen and oxygen atoms in total. The van der Waals surface area contributed by atoms with Crippen molar-refractivity contribution in [1.82, 2.24) is 15.5 Å². The summed E-state index contributed by atoms with van der Waals surface area (Å²) in [4.78, 5) is 54.1. The van der Waals surface area contributed by atoms with Crippen molar-refractivity contribution in [2.24, 2.45) is 5.73 Å². The molecule has 9 heteroatoms. The zero-order valence-corrected chi connectivity index (χ0v) is 24.2. The van der Waals surface area contributed by atoms with Gasteiger partial charge in [0.2, 0.25) is 17.7 Å². The van der Waals surface area contributed by atoms with E-state index in [1.54, 1.807) is 25.7 Å². The average Bonchev–Trinajstić information content (AvgIpc) is 2.85. The minimum Gasteiger partial charge on any atom is -0.444 e. The van der Waals surface area contributed by atoms with E-state index in [-0.39, 0.29) is 24.8 Å². The summed E-state index contributed by atoms with van der Waals surface area (Å²) in [5.41, 5.74) is 8.29. The van der Waals surface area contributed by atoms with Gasteiger partial charge in [0, 0.05) is 19.0 Å². The third-order valence-corrected chi connectivity index (χ3v) is 7.07. The molecule has 0 aromatic heterocycles. The van der Waals surface area contributed by atoms with E-state index in [9.17, 15) is 19.2 Å². The maximum atomic E-state index is 14.3. The second-order valence-electron chi connectivity index (χ2n) is 11.5. The quantitative estimate of drug-likeness (QED) is 0.386. The van der Waals surface area contributed by atoms with Gasteiger partial charge in [-0.3, -0.25) is 14.4 Å². The first-order chi connectivity index (χ1) is 18.9. The first kappa shape index (κ1) is 30.7. The lowest BCUT2D eigenvalue weighted by atomic mass is 9.87.